The molecule has 0 fully saturated rings. The molecule has 0 amide bonds. The van der Waals surface area contributed by atoms with Crippen LogP contribution in [0, 0.1) is 5.92 Å². The van der Waals surface area contributed by atoms with Crippen LogP contribution in [-0.4, -0.2) is 96.7 Å². The van der Waals surface area contributed by atoms with Gasteiger partial charge < -0.3 is 33.8 Å². The summed E-state index contributed by atoms with van der Waals surface area (Å²) < 4.78 is 68.3. The fourth-order valence-corrected chi connectivity index (χ4v) is 13.1. The summed E-state index contributed by atoms with van der Waals surface area (Å²) in [5.41, 5.74) is 0. The number of esters is 4. The second-order valence-corrected chi connectivity index (χ2v) is 30.2. The summed E-state index contributed by atoms with van der Waals surface area (Å²) in [4.78, 5) is 72.6. The lowest BCUT2D eigenvalue weighted by atomic mass is 9.99. The summed E-state index contributed by atoms with van der Waals surface area (Å²) in [6.07, 6.45) is 57.0. The molecule has 0 heterocycles. The molecule has 0 aliphatic heterocycles. The lowest BCUT2D eigenvalue weighted by Gasteiger charge is -2.21. The van der Waals surface area contributed by atoms with E-state index in [9.17, 15) is 43.2 Å². The third-order valence-electron chi connectivity index (χ3n) is 17.9. The van der Waals surface area contributed by atoms with Crippen molar-refractivity contribution in [2.75, 3.05) is 39.6 Å². The summed E-state index contributed by atoms with van der Waals surface area (Å²) >= 11 is 0. The number of carbonyl (C=O) groups is 4. The third-order valence-corrected chi connectivity index (χ3v) is 19.8. The van der Waals surface area contributed by atoms with Gasteiger partial charge in [-0.25, -0.2) is 9.13 Å². The molecule has 17 nitrogen and oxygen atoms in total. The minimum absolute atomic E-state index is 0.106. The number of ether oxygens (including phenoxy) is 4. The number of hydrogen-bond donors (Lipinski definition) is 3. The largest absolute Gasteiger partial charge is 0.472 e. The number of phosphoric acid groups is 2. The molecule has 0 aliphatic rings. The highest BCUT2D eigenvalue weighted by molar-refractivity contribution is 7.47. The average molecular weight is 1380 g/mol. The van der Waals surface area contributed by atoms with Crippen molar-refractivity contribution in [3.63, 3.8) is 0 Å². The quantitative estimate of drug-likeness (QED) is 0.0222. The molecule has 6 atom stereocenters. The van der Waals surface area contributed by atoms with Crippen LogP contribution >= 0.6 is 15.6 Å². The highest BCUT2D eigenvalue weighted by Crippen LogP contribution is 2.45. The predicted octanol–water partition coefficient (Wildman–Crippen LogP) is 22.1. The van der Waals surface area contributed by atoms with Gasteiger partial charge in [-0.05, 0) is 31.6 Å². The fourth-order valence-electron chi connectivity index (χ4n) is 11.5. The lowest BCUT2D eigenvalue weighted by Crippen LogP contribution is -2.30. The molecule has 3 N–H and O–H groups in total. The normalized spacial score (nSPS) is 14.3. The van der Waals surface area contributed by atoms with Crippen LogP contribution < -0.4 is 0 Å². The topological polar surface area (TPSA) is 237 Å². The smallest absolute Gasteiger partial charge is 0.462 e. The monoisotopic (exact) mass is 1380 g/mol. The van der Waals surface area contributed by atoms with Gasteiger partial charge in [-0.1, -0.05) is 343 Å². The van der Waals surface area contributed by atoms with E-state index in [0.29, 0.717) is 25.7 Å². The maximum absolute atomic E-state index is 13.1. The van der Waals surface area contributed by atoms with E-state index in [4.69, 9.17) is 37.0 Å². The number of aliphatic hydroxyl groups is 1. The zero-order valence-electron chi connectivity index (χ0n) is 61.1. The minimum Gasteiger partial charge on any atom is -0.462 e. The fraction of sp³-hybridized carbons (Fsp3) is 0.947. The van der Waals surface area contributed by atoms with Crippen LogP contribution in [0.1, 0.15) is 394 Å². The SMILES string of the molecule is CCCCCCCCCCCCCCCCCC(=O)OC[C@H](COP(=O)(O)OC[C@@H](O)COP(=O)(O)OC[C@@H](COC(=O)CCCCCCCCCC)OC(=O)CCCCCCCCCCC)OC(=O)CCCCCCCCCCCCCCCCCCCCC(C)CC. The lowest BCUT2D eigenvalue weighted by molar-refractivity contribution is -0.161. The van der Waals surface area contributed by atoms with Crippen LogP contribution in [-0.2, 0) is 65.4 Å². The Morgan fingerprint density at radius 3 is 0.755 bits per heavy atom. The first-order valence-corrected chi connectivity index (χ1v) is 42.2. The molecule has 0 aliphatic carbocycles. The van der Waals surface area contributed by atoms with E-state index in [0.717, 1.165) is 102 Å². The highest BCUT2D eigenvalue weighted by atomic mass is 31.2. The Hall–Kier alpha value is -1.94. The Bertz CT molecular complexity index is 1810. The molecule has 558 valence electrons. The number of aliphatic hydroxyl groups excluding tert-OH is 1. The summed E-state index contributed by atoms with van der Waals surface area (Å²) in [5.74, 6) is -1.25. The number of rotatable bonds is 75. The molecule has 94 heavy (non-hydrogen) atoms. The van der Waals surface area contributed by atoms with Gasteiger partial charge in [0.05, 0.1) is 26.4 Å². The van der Waals surface area contributed by atoms with Crippen molar-refractivity contribution in [1.82, 2.24) is 0 Å². The molecule has 0 aromatic heterocycles. The number of hydrogen-bond acceptors (Lipinski definition) is 15. The molecule has 0 spiro atoms. The molecule has 0 saturated heterocycles. The van der Waals surface area contributed by atoms with Gasteiger partial charge in [0.1, 0.15) is 19.3 Å². The molecule has 0 saturated carbocycles. The van der Waals surface area contributed by atoms with Gasteiger partial charge in [0, 0.05) is 25.7 Å². The summed E-state index contributed by atoms with van der Waals surface area (Å²) in [6, 6.07) is 0. The van der Waals surface area contributed by atoms with Gasteiger partial charge in [0.15, 0.2) is 12.2 Å². The Kier molecular flexibility index (Phi) is 66.8. The van der Waals surface area contributed by atoms with Crippen molar-refractivity contribution in [2.24, 2.45) is 5.92 Å². The Balaban J connectivity index is 5.14. The molecule has 3 unspecified atom stereocenters. The second-order valence-electron chi connectivity index (χ2n) is 27.3. The number of unbranched alkanes of at least 4 members (excludes halogenated alkanes) is 46. The maximum Gasteiger partial charge on any atom is 0.472 e. The standard InChI is InChI=1S/C75H146O17P2/c1-6-10-13-16-19-22-23-24-29-33-36-40-44-49-54-59-73(78)86-65-71(92-75(80)61-56-51-46-41-37-34-31-28-26-25-27-30-32-35-39-42-47-52-57-68(5)9-4)67-90-94(83,84)88-63-69(76)62-87-93(81,82)89-66-70(64-85-72(77)58-53-48-43-21-18-15-12-8-3)91-74(79)60-55-50-45-38-20-17-14-11-7-2/h68-71,76H,6-67H2,1-5H3,(H,81,82)(H,83,84)/t68?,69-,70+,71+/m0/s1. The molecular weight excluding hydrogens is 1230 g/mol. The van der Waals surface area contributed by atoms with Crippen molar-refractivity contribution in [2.45, 2.75) is 412 Å². The van der Waals surface area contributed by atoms with E-state index in [1.807, 2.05) is 0 Å². The molecule has 0 aromatic rings. The minimum atomic E-state index is -4.95. The zero-order chi connectivity index (χ0) is 69.1. The van der Waals surface area contributed by atoms with Crippen LogP contribution in [0.3, 0.4) is 0 Å². The van der Waals surface area contributed by atoms with Gasteiger partial charge in [-0.3, -0.25) is 37.3 Å². The first-order chi connectivity index (χ1) is 45.6. The highest BCUT2D eigenvalue weighted by Gasteiger charge is 2.30. The van der Waals surface area contributed by atoms with Crippen LogP contribution in [0.25, 0.3) is 0 Å². The molecular formula is C75H146O17P2. The van der Waals surface area contributed by atoms with Gasteiger partial charge in [0.2, 0.25) is 0 Å². The van der Waals surface area contributed by atoms with E-state index in [1.165, 1.54) is 212 Å². The first-order valence-electron chi connectivity index (χ1n) is 39.2. The third kappa shape index (κ3) is 67.3. The number of phosphoric ester groups is 2. The maximum atomic E-state index is 13.1. The van der Waals surface area contributed by atoms with Gasteiger partial charge in [-0.15, -0.1) is 0 Å². The number of carbonyl (C=O) groups excluding carboxylic acids is 4. The van der Waals surface area contributed by atoms with Crippen LogP contribution in [0.4, 0.5) is 0 Å². The average Bonchev–Trinajstić information content (AvgIpc) is 1.65. The van der Waals surface area contributed by atoms with Crippen molar-refractivity contribution in [1.29, 1.82) is 0 Å². The van der Waals surface area contributed by atoms with E-state index in [2.05, 4.69) is 34.6 Å². The van der Waals surface area contributed by atoms with Crippen molar-refractivity contribution < 1.29 is 80.2 Å². The Morgan fingerprint density at radius 1 is 0.298 bits per heavy atom. The molecule has 0 radical (unpaired) electrons. The van der Waals surface area contributed by atoms with E-state index >= 15 is 0 Å². The molecule has 0 rings (SSSR count). The van der Waals surface area contributed by atoms with Gasteiger partial charge >= 0.3 is 39.5 Å². The van der Waals surface area contributed by atoms with Crippen LogP contribution in [0.15, 0.2) is 0 Å². The van der Waals surface area contributed by atoms with Gasteiger partial charge in [-0.2, -0.15) is 0 Å². The summed E-state index contributed by atoms with van der Waals surface area (Å²) in [6.45, 7) is 7.31. The van der Waals surface area contributed by atoms with Crippen molar-refractivity contribution >= 4 is 39.5 Å². The van der Waals surface area contributed by atoms with E-state index in [1.54, 1.807) is 0 Å². The van der Waals surface area contributed by atoms with Gasteiger partial charge in [0.25, 0.3) is 0 Å². The first kappa shape index (κ1) is 92.1. The Labute approximate surface area is 575 Å². The summed E-state index contributed by atoms with van der Waals surface area (Å²) in [5, 5.41) is 10.6. The van der Waals surface area contributed by atoms with Crippen molar-refractivity contribution in [3.8, 4) is 0 Å². The molecule has 19 heteroatoms. The van der Waals surface area contributed by atoms with Crippen LogP contribution in [0.5, 0.6) is 0 Å². The zero-order valence-corrected chi connectivity index (χ0v) is 62.9. The van der Waals surface area contributed by atoms with Crippen molar-refractivity contribution in [3.05, 3.63) is 0 Å². The Morgan fingerprint density at radius 2 is 0.511 bits per heavy atom. The summed E-state index contributed by atoms with van der Waals surface area (Å²) in [7, 11) is -9.90. The molecule has 0 aromatic carbocycles. The van der Waals surface area contributed by atoms with E-state index in [-0.39, 0.29) is 25.7 Å². The molecule has 0 bridgehead atoms. The van der Waals surface area contributed by atoms with Crippen LogP contribution in [0.2, 0.25) is 0 Å². The second kappa shape index (κ2) is 68.2. The predicted molar refractivity (Wildman–Crippen MR) is 382 cm³/mol. The van der Waals surface area contributed by atoms with E-state index < -0.39 is 97.5 Å².